The number of piperidine rings is 2. The number of hydrogen-bond acceptors (Lipinski definition) is 1. The van der Waals surface area contributed by atoms with Crippen molar-refractivity contribution >= 4 is 28.3 Å². The fourth-order valence-electron chi connectivity index (χ4n) is 4.59. The van der Waals surface area contributed by atoms with Crippen LogP contribution in [-0.4, -0.2) is 12.1 Å². The van der Waals surface area contributed by atoms with Crippen molar-refractivity contribution in [2.24, 2.45) is 11.8 Å². The van der Waals surface area contributed by atoms with Gasteiger partial charge in [-0.2, -0.15) is 0 Å². The Morgan fingerprint density at radius 1 is 0.941 bits per heavy atom. The van der Waals surface area contributed by atoms with E-state index in [9.17, 15) is 0 Å². The summed E-state index contributed by atoms with van der Waals surface area (Å²) in [5, 5.41) is 0. The van der Waals surface area contributed by atoms with Crippen LogP contribution in [0.1, 0.15) is 32.1 Å². The van der Waals surface area contributed by atoms with Crippen LogP contribution < -0.4 is 4.90 Å². The number of hydrogen-bond donors (Lipinski definition) is 0. The molecule has 0 amide bonds. The minimum Gasteiger partial charge on any atom is -0.365 e. The lowest BCUT2D eigenvalue weighted by atomic mass is 9.63. The molecule has 0 N–H and O–H groups in total. The van der Waals surface area contributed by atoms with Gasteiger partial charge < -0.3 is 4.90 Å². The van der Waals surface area contributed by atoms with Gasteiger partial charge in [0.25, 0.3) is 0 Å². The van der Waals surface area contributed by atoms with Gasteiger partial charge in [0, 0.05) is 21.3 Å². The zero-order valence-electron chi connectivity index (χ0n) is 9.98. The zero-order valence-corrected chi connectivity index (χ0v) is 12.1. The van der Waals surface area contributed by atoms with E-state index in [2.05, 4.69) is 51.8 Å². The van der Waals surface area contributed by atoms with Gasteiger partial charge in [-0.05, 0) is 84.7 Å². The maximum atomic E-state index is 2.76. The van der Waals surface area contributed by atoms with Crippen molar-refractivity contribution < 1.29 is 0 Å². The first kappa shape index (κ1) is 10.7. The van der Waals surface area contributed by atoms with Gasteiger partial charge in [-0.1, -0.05) is 6.07 Å². The molecule has 2 aliphatic heterocycles. The fraction of sp³-hybridized carbons (Fsp3) is 0.600. The van der Waals surface area contributed by atoms with E-state index in [-0.39, 0.29) is 0 Å². The standard InChI is InChI=1S/C15H18IN/c16-12-2-1-3-13(9-12)17-14-5-10-4-11(7-14)8-15(17)6-10/h1-3,9-11,14-15H,4-8H2. The Morgan fingerprint density at radius 2 is 1.59 bits per heavy atom. The molecule has 0 aromatic heterocycles. The normalized spacial score (nSPS) is 38.8. The summed E-state index contributed by atoms with van der Waals surface area (Å²) in [5.41, 5.74) is 1.48. The van der Waals surface area contributed by atoms with Crippen LogP contribution in [0.5, 0.6) is 0 Å². The van der Waals surface area contributed by atoms with Crippen LogP contribution in [0.4, 0.5) is 5.69 Å². The molecule has 4 fully saturated rings. The van der Waals surface area contributed by atoms with Crippen molar-refractivity contribution in [3.63, 3.8) is 0 Å². The Bertz CT molecular complexity index is 414. The van der Waals surface area contributed by atoms with Gasteiger partial charge in [-0.25, -0.2) is 0 Å². The molecule has 4 aliphatic rings. The van der Waals surface area contributed by atoms with Gasteiger partial charge in [-0.15, -0.1) is 0 Å². The molecule has 0 spiro atoms. The average Bonchev–Trinajstić information content (AvgIpc) is 2.27. The Balaban J connectivity index is 1.70. The van der Waals surface area contributed by atoms with E-state index in [0.29, 0.717) is 0 Å². The van der Waals surface area contributed by atoms with Crippen molar-refractivity contribution in [1.82, 2.24) is 0 Å². The molecule has 2 heteroatoms. The van der Waals surface area contributed by atoms with E-state index in [1.807, 2.05) is 0 Å². The van der Waals surface area contributed by atoms with E-state index < -0.39 is 0 Å². The third-order valence-electron chi connectivity index (χ3n) is 4.98. The van der Waals surface area contributed by atoms with Crippen LogP contribution in [0.25, 0.3) is 0 Å². The summed E-state index contributed by atoms with van der Waals surface area (Å²) in [6, 6.07) is 10.8. The quantitative estimate of drug-likeness (QED) is 0.698. The van der Waals surface area contributed by atoms with Crippen LogP contribution >= 0.6 is 22.6 Å². The number of benzene rings is 1. The van der Waals surface area contributed by atoms with Crippen LogP contribution in [0, 0.1) is 15.4 Å². The smallest absolute Gasteiger partial charge is 0.0381 e. The highest BCUT2D eigenvalue weighted by molar-refractivity contribution is 14.1. The molecule has 1 nitrogen and oxygen atoms in total. The van der Waals surface area contributed by atoms with Gasteiger partial charge >= 0.3 is 0 Å². The maximum Gasteiger partial charge on any atom is 0.0381 e. The molecule has 5 rings (SSSR count). The summed E-state index contributed by atoms with van der Waals surface area (Å²) in [5.74, 6) is 2.10. The molecule has 2 aliphatic carbocycles. The average molecular weight is 339 g/mol. The lowest BCUT2D eigenvalue weighted by molar-refractivity contribution is 0.0900. The van der Waals surface area contributed by atoms with Crippen LogP contribution in [0.2, 0.25) is 0 Å². The van der Waals surface area contributed by atoms with Gasteiger partial charge in [0.15, 0.2) is 0 Å². The topological polar surface area (TPSA) is 3.24 Å². The van der Waals surface area contributed by atoms with E-state index in [0.717, 1.165) is 23.9 Å². The second-order valence-electron chi connectivity index (χ2n) is 6.11. The Morgan fingerprint density at radius 3 is 2.18 bits per heavy atom. The highest BCUT2D eigenvalue weighted by Gasteiger charge is 2.46. The van der Waals surface area contributed by atoms with Gasteiger partial charge in [0.05, 0.1) is 0 Å². The summed E-state index contributed by atoms with van der Waals surface area (Å²) >= 11 is 2.43. The van der Waals surface area contributed by atoms with Crippen molar-refractivity contribution in [3.8, 4) is 0 Å². The van der Waals surface area contributed by atoms with E-state index in [1.165, 1.54) is 41.4 Å². The summed E-state index contributed by atoms with van der Waals surface area (Å²) in [4.78, 5) is 2.76. The predicted octanol–water partition coefficient (Wildman–Crippen LogP) is 4.06. The molecule has 17 heavy (non-hydrogen) atoms. The highest BCUT2D eigenvalue weighted by atomic mass is 127. The SMILES string of the molecule is Ic1cccc(N2C3CC4CC(C3)CC2C4)c1. The molecule has 2 heterocycles. The number of anilines is 1. The van der Waals surface area contributed by atoms with Gasteiger partial charge in [0.2, 0.25) is 0 Å². The first-order valence-corrected chi connectivity index (χ1v) is 7.91. The molecule has 1 aromatic carbocycles. The van der Waals surface area contributed by atoms with Crippen molar-refractivity contribution in [2.45, 2.75) is 44.2 Å². The third-order valence-corrected chi connectivity index (χ3v) is 5.65. The summed E-state index contributed by atoms with van der Waals surface area (Å²) < 4.78 is 1.37. The summed E-state index contributed by atoms with van der Waals surface area (Å²) in [6.45, 7) is 0. The van der Waals surface area contributed by atoms with Crippen molar-refractivity contribution in [1.29, 1.82) is 0 Å². The molecule has 2 saturated carbocycles. The first-order valence-electron chi connectivity index (χ1n) is 6.83. The first-order chi connectivity index (χ1) is 8.29. The summed E-state index contributed by atoms with van der Waals surface area (Å²) in [6.07, 6.45) is 7.36. The number of nitrogens with zero attached hydrogens (tertiary/aromatic N) is 1. The predicted molar refractivity (Wildman–Crippen MR) is 79.3 cm³/mol. The second-order valence-corrected chi connectivity index (χ2v) is 7.35. The molecule has 0 atom stereocenters. The zero-order chi connectivity index (χ0) is 11.4. The third kappa shape index (κ3) is 1.71. The van der Waals surface area contributed by atoms with Crippen molar-refractivity contribution in [2.75, 3.05) is 4.90 Å². The van der Waals surface area contributed by atoms with E-state index in [4.69, 9.17) is 0 Å². The Kier molecular flexibility index (Phi) is 2.43. The minimum absolute atomic E-state index is 0.851. The van der Waals surface area contributed by atoms with E-state index >= 15 is 0 Å². The monoisotopic (exact) mass is 339 g/mol. The minimum atomic E-state index is 0.851. The maximum absolute atomic E-state index is 2.76. The molecular formula is C15H18IN. The molecule has 4 bridgehead atoms. The fourth-order valence-corrected chi connectivity index (χ4v) is 5.12. The number of rotatable bonds is 1. The highest BCUT2D eigenvalue weighted by Crippen LogP contribution is 2.50. The molecule has 90 valence electrons. The van der Waals surface area contributed by atoms with Gasteiger partial charge in [-0.3, -0.25) is 0 Å². The Hall–Kier alpha value is -0.250. The number of halogens is 1. The van der Waals surface area contributed by atoms with Crippen molar-refractivity contribution in [3.05, 3.63) is 27.8 Å². The molecule has 2 saturated heterocycles. The van der Waals surface area contributed by atoms with Crippen LogP contribution in [-0.2, 0) is 0 Å². The van der Waals surface area contributed by atoms with Crippen LogP contribution in [0.15, 0.2) is 24.3 Å². The van der Waals surface area contributed by atoms with E-state index in [1.54, 1.807) is 0 Å². The van der Waals surface area contributed by atoms with Crippen LogP contribution in [0.3, 0.4) is 0 Å². The summed E-state index contributed by atoms with van der Waals surface area (Å²) in [7, 11) is 0. The van der Waals surface area contributed by atoms with Gasteiger partial charge in [0.1, 0.15) is 0 Å². The second kappa shape index (κ2) is 3.87. The molecule has 0 unspecified atom stereocenters. The molecular weight excluding hydrogens is 321 g/mol. The Labute approximate surface area is 117 Å². The molecule has 0 radical (unpaired) electrons. The molecule has 1 aromatic rings. The lowest BCUT2D eigenvalue weighted by Crippen LogP contribution is -2.58. The largest absolute Gasteiger partial charge is 0.365 e. The lowest BCUT2D eigenvalue weighted by Gasteiger charge is -2.57.